The smallest absolute Gasteiger partial charge is 0.0594 e. The standard InChI is InChI=1S/C7H14NO/c1-2-3-8-4-6-9-7-5-8/h2H,3-7H2,1H3. The summed E-state index contributed by atoms with van der Waals surface area (Å²) < 4.78 is 5.19. The molecule has 9 heavy (non-hydrogen) atoms. The van der Waals surface area contributed by atoms with Gasteiger partial charge in [-0.15, -0.1) is 0 Å². The van der Waals surface area contributed by atoms with Crippen molar-refractivity contribution in [1.82, 2.24) is 4.90 Å². The van der Waals surface area contributed by atoms with E-state index in [2.05, 4.69) is 18.2 Å². The van der Waals surface area contributed by atoms with Crippen LogP contribution in [-0.4, -0.2) is 37.7 Å². The molecule has 0 aliphatic carbocycles. The predicted octanol–water partition coefficient (Wildman–Crippen LogP) is 0.543. The first kappa shape index (κ1) is 7.03. The molecule has 0 aromatic carbocycles. The predicted molar refractivity (Wildman–Crippen MR) is 37.2 cm³/mol. The SMILES string of the molecule is C[CH]CN1CCOCC1. The van der Waals surface area contributed by atoms with Crippen molar-refractivity contribution >= 4 is 0 Å². The number of hydrogen-bond donors (Lipinski definition) is 0. The summed E-state index contributed by atoms with van der Waals surface area (Å²) in [6, 6.07) is 0. The van der Waals surface area contributed by atoms with Crippen molar-refractivity contribution in [2.45, 2.75) is 6.92 Å². The highest BCUT2D eigenvalue weighted by atomic mass is 16.5. The fourth-order valence-electron chi connectivity index (χ4n) is 1.04. The highest BCUT2D eigenvalue weighted by Gasteiger charge is 2.07. The fraction of sp³-hybridized carbons (Fsp3) is 0.857. The topological polar surface area (TPSA) is 12.5 Å². The Bertz CT molecular complexity index is 66.6. The summed E-state index contributed by atoms with van der Waals surface area (Å²) in [6.45, 7) is 7.23. The molecule has 0 atom stereocenters. The molecule has 1 saturated heterocycles. The van der Waals surface area contributed by atoms with Crippen molar-refractivity contribution in [3.05, 3.63) is 6.42 Å². The molecule has 1 aliphatic heterocycles. The number of hydrogen-bond acceptors (Lipinski definition) is 2. The molecule has 0 aromatic rings. The van der Waals surface area contributed by atoms with Gasteiger partial charge in [-0.05, 0) is 6.42 Å². The fourth-order valence-corrected chi connectivity index (χ4v) is 1.04. The second-order valence-corrected chi connectivity index (χ2v) is 2.32. The van der Waals surface area contributed by atoms with Crippen LogP contribution in [0.1, 0.15) is 6.92 Å². The first-order valence-corrected chi connectivity index (χ1v) is 3.51. The van der Waals surface area contributed by atoms with Crippen LogP contribution in [-0.2, 0) is 4.74 Å². The lowest BCUT2D eigenvalue weighted by molar-refractivity contribution is 0.0419. The van der Waals surface area contributed by atoms with Gasteiger partial charge in [-0.25, -0.2) is 0 Å². The van der Waals surface area contributed by atoms with Gasteiger partial charge >= 0.3 is 0 Å². The molecule has 1 fully saturated rings. The second kappa shape index (κ2) is 3.85. The van der Waals surface area contributed by atoms with Crippen LogP contribution in [0, 0.1) is 6.42 Å². The van der Waals surface area contributed by atoms with E-state index in [1.165, 1.54) is 0 Å². The Morgan fingerprint density at radius 3 is 2.67 bits per heavy atom. The van der Waals surface area contributed by atoms with E-state index >= 15 is 0 Å². The van der Waals surface area contributed by atoms with Gasteiger partial charge in [0, 0.05) is 19.6 Å². The number of ether oxygens (including phenoxy) is 1. The zero-order valence-electron chi connectivity index (χ0n) is 5.97. The van der Waals surface area contributed by atoms with Crippen molar-refractivity contribution in [3.8, 4) is 0 Å². The summed E-state index contributed by atoms with van der Waals surface area (Å²) in [7, 11) is 0. The lowest BCUT2D eigenvalue weighted by atomic mass is 10.4. The monoisotopic (exact) mass is 128 g/mol. The van der Waals surface area contributed by atoms with Gasteiger partial charge in [-0.2, -0.15) is 0 Å². The summed E-state index contributed by atoms with van der Waals surface area (Å²) in [5.74, 6) is 0. The second-order valence-electron chi connectivity index (χ2n) is 2.32. The molecule has 0 N–H and O–H groups in total. The van der Waals surface area contributed by atoms with Gasteiger partial charge in [0.1, 0.15) is 0 Å². The molecule has 0 unspecified atom stereocenters. The average Bonchev–Trinajstić information content (AvgIpc) is 1.91. The summed E-state index contributed by atoms with van der Waals surface area (Å²) in [5.41, 5.74) is 0. The highest BCUT2D eigenvalue weighted by molar-refractivity contribution is 4.67. The first-order chi connectivity index (χ1) is 4.43. The van der Waals surface area contributed by atoms with E-state index in [4.69, 9.17) is 4.74 Å². The molecule has 1 heterocycles. The zero-order valence-corrected chi connectivity index (χ0v) is 5.97. The van der Waals surface area contributed by atoms with Gasteiger partial charge in [0.2, 0.25) is 0 Å². The maximum absolute atomic E-state index is 5.19. The quantitative estimate of drug-likeness (QED) is 0.538. The molecular weight excluding hydrogens is 114 g/mol. The summed E-state index contributed by atoms with van der Waals surface area (Å²) in [5, 5.41) is 0. The third-order valence-electron chi connectivity index (χ3n) is 1.54. The van der Waals surface area contributed by atoms with Crippen LogP contribution in [0.3, 0.4) is 0 Å². The molecule has 0 amide bonds. The van der Waals surface area contributed by atoms with Crippen LogP contribution in [0.15, 0.2) is 0 Å². The molecule has 2 nitrogen and oxygen atoms in total. The first-order valence-electron chi connectivity index (χ1n) is 3.51. The Balaban J connectivity index is 2.08. The normalized spacial score (nSPS) is 22.3. The minimum Gasteiger partial charge on any atom is -0.379 e. The van der Waals surface area contributed by atoms with Crippen molar-refractivity contribution in [3.63, 3.8) is 0 Å². The molecule has 0 aromatic heterocycles. The Hall–Kier alpha value is -0.0800. The lowest BCUT2D eigenvalue weighted by Crippen LogP contribution is -2.36. The van der Waals surface area contributed by atoms with Gasteiger partial charge in [0.25, 0.3) is 0 Å². The maximum Gasteiger partial charge on any atom is 0.0594 e. The van der Waals surface area contributed by atoms with Crippen molar-refractivity contribution < 1.29 is 4.74 Å². The van der Waals surface area contributed by atoms with Crippen LogP contribution < -0.4 is 0 Å². The summed E-state index contributed by atoms with van der Waals surface area (Å²) in [6.07, 6.45) is 2.19. The third kappa shape index (κ3) is 2.33. The molecule has 1 rings (SSSR count). The van der Waals surface area contributed by atoms with Gasteiger partial charge in [-0.3, -0.25) is 4.90 Å². The number of nitrogens with zero attached hydrogens (tertiary/aromatic N) is 1. The minimum absolute atomic E-state index is 0.911. The van der Waals surface area contributed by atoms with Crippen molar-refractivity contribution in [1.29, 1.82) is 0 Å². The van der Waals surface area contributed by atoms with Gasteiger partial charge in [0.15, 0.2) is 0 Å². The van der Waals surface area contributed by atoms with E-state index in [0.717, 1.165) is 32.8 Å². The van der Waals surface area contributed by atoms with Gasteiger partial charge in [0.05, 0.1) is 13.2 Å². The van der Waals surface area contributed by atoms with E-state index in [0.29, 0.717) is 0 Å². The van der Waals surface area contributed by atoms with E-state index in [-0.39, 0.29) is 0 Å². The Kier molecular flexibility index (Phi) is 3.01. The summed E-state index contributed by atoms with van der Waals surface area (Å²) in [4.78, 5) is 2.39. The molecule has 2 heteroatoms. The Morgan fingerprint density at radius 2 is 2.11 bits per heavy atom. The minimum atomic E-state index is 0.911. The average molecular weight is 128 g/mol. The van der Waals surface area contributed by atoms with Crippen LogP contribution in [0.25, 0.3) is 0 Å². The van der Waals surface area contributed by atoms with Gasteiger partial charge in [-0.1, -0.05) is 6.92 Å². The van der Waals surface area contributed by atoms with Gasteiger partial charge < -0.3 is 4.74 Å². The van der Waals surface area contributed by atoms with E-state index in [1.807, 2.05) is 0 Å². The van der Waals surface area contributed by atoms with Crippen molar-refractivity contribution in [2.75, 3.05) is 32.8 Å². The molecule has 1 radical (unpaired) electrons. The maximum atomic E-state index is 5.19. The highest BCUT2D eigenvalue weighted by Crippen LogP contribution is 1.95. The number of morpholine rings is 1. The molecule has 0 spiro atoms. The largest absolute Gasteiger partial charge is 0.379 e. The molecular formula is C7H14NO. The Morgan fingerprint density at radius 1 is 1.44 bits per heavy atom. The van der Waals surface area contributed by atoms with Crippen LogP contribution >= 0.6 is 0 Å². The van der Waals surface area contributed by atoms with E-state index < -0.39 is 0 Å². The molecule has 0 saturated carbocycles. The Labute approximate surface area is 56.8 Å². The van der Waals surface area contributed by atoms with Crippen LogP contribution in [0.5, 0.6) is 0 Å². The van der Waals surface area contributed by atoms with E-state index in [9.17, 15) is 0 Å². The molecule has 0 bridgehead atoms. The van der Waals surface area contributed by atoms with E-state index in [1.54, 1.807) is 0 Å². The summed E-state index contributed by atoms with van der Waals surface area (Å²) >= 11 is 0. The molecule has 1 aliphatic rings. The number of rotatable bonds is 2. The van der Waals surface area contributed by atoms with Crippen LogP contribution in [0.2, 0.25) is 0 Å². The third-order valence-corrected chi connectivity index (χ3v) is 1.54. The zero-order chi connectivity index (χ0) is 6.53. The van der Waals surface area contributed by atoms with Crippen LogP contribution in [0.4, 0.5) is 0 Å². The lowest BCUT2D eigenvalue weighted by Gasteiger charge is -2.25. The molecule has 53 valence electrons. The van der Waals surface area contributed by atoms with Crippen molar-refractivity contribution in [2.24, 2.45) is 0 Å².